The lowest BCUT2D eigenvalue weighted by atomic mass is 10.4. The minimum atomic E-state index is -1.19. The highest BCUT2D eigenvalue weighted by atomic mass is 35.5. The van der Waals surface area contributed by atoms with Gasteiger partial charge in [0.1, 0.15) is 13.0 Å². The molecule has 0 bridgehead atoms. The number of alkyl halides is 1. The molecule has 0 aliphatic heterocycles. The van der Waals surface area contributed by atoms with Gasteiger partial charge >= 0.3 is 11.9 Å². The van der Waals surface area contributed by atoms with E-state index in [1.807, 2.05) is 0 Å². The highest BCUT2D eigenvalue weighted by Crippen LogP contribution is 1.86. The molecule has 0 spiro atoms. The zero-order valence-corrected chi connectivity index (χ0v) is 9.34. The van der Waals surface area contributed by atoms with Gasteiger partial charge in [-0.25, -0.2) is 0 Å². The molecule has 0 saturated carbocycles. The van der Waals surface area contributed by atoms with Crippen molar-refractivity contribution < 1.29 is 19.4 Å². The van der Waals surface area contributed by atoms with Crippen LogP contribution in [0.5, 0.6) is 0 Å². The molecule has 0 aromatic rings. The van der Waals surface area contributed by atoms with Crippen molar-refractivity contribution in [2.75, 3.05) is 12.5 Å². The minimum absolute atomic E-state index is 0.0632. The van der Waals surface area contributed by atoms with E-state index < -0.39 is 18.4 Å². The Balaban J connectivity index is 0. The maximum atomic E-state index is 10.4. The van der Waals surface area contributed by atoms with E-state index in [1.54, 1.807) is 0 Å². The van der Waals surface area contributed by atoms with Crippen LogP contribution in [0, 0.1) is 0 Å². The smallest absolute Gasteiger partial charge is 0.317 e. The van der Waals surface area contributed by atoms with Crippen LogP contribution in [0.2, 0.25) is 0 Å². The first-order valence-corrected chi connectivity index (χ1v) is 5.05. The summed E-state index contributed by atoms with van der Waals surface area (Å²) in [5.41, 5.74) is 0. The van der Waals surface area contributed by atoms with Crippen molar-refractivity contribution in [1.29, 1.82) is 0 Å². The Morgan fingerprint density at radius 3 is 2.07 bits per heavy atom. The molecular formula is C9H17ClO4. The van der Waals surface area contributed by atoms with E-state index in [0.717, 1.165) is 0 Å². The standard InChI is InChI=1S/C5H7ClO4.C4H10/c6-1-2-10-5(9)3-4(7)8;1-3-4-2/h1-3H2,(H,7,8);3-4H2,1-2H3. The number of ether oxygens (including phenoxy) is 1. The van der Waals surface area contributed by atoms with Gasteiger partial charge < -0.3 is 9.84 Å². The maximum absolute atomic E-state index is 10.4. The number of unbranched alkanes of at least 4 members (excludes halogenated alkanes) is 1. The summed E-state index contributed by atoms with van der Waals surface area (Å²) in [5.74, 6) is -1.77. The first-order valence-electron chi connectivity index (χ1n) is 4.51. The summed E-state index contributed by atoms with van der Waals surface area (Å²) in [6.45, 7) is 4.42. The van der Waals surface area contributed by atoms with E-state index in [4.69, 9.17) is 16.7 Å². The summed E-state index contributed by atoms with van der Waals surface area (Å²) in [7, 11) is 0. The van der Waals surface area contributed by atoms with Gasteiger partial charge in [0.2, 0.25) is 0 Å². The van der Waals surface area contributed by atoms with Crippen molar-refractivity contribution in [2.24, 2.45) is 0 Å². The number of carbonyl (C=O) groups is 2. The summed E-state index contributed by atoms with van der Waals surface area (Å²) in [5, 5.41) is 8.05. The van der Waals surface area contributed by atoms with Crippen molar-refractivity contribution >= 4 is 23.5 Å². The second kappa shape index (κ2) is 12.2. The normalized spacial score (nSPS) is 8.50. The first-order chi connectivity index (χ1) is 6.58. The van der Waals surface area contributed by atoms with Crippen LogP contribution in [0.4, 0.5) is 0 Å². The van der Waals surface area contributed by atoms with Crippen LogP contribution >= 0.6 is 11.6 Å². The number of hydrogen-bond acceptors (Lipinski definition) is 3. The molecule has 0 fully saturated rings. The molecule has 0 rings (SSSR count). The number of carboxylic acid groups (broad SMARTS) is 1. The third-order valence-electron chi connectivity index (χ3n) is 1.14. The van der Waals surface area contributed by atoms with Crippen LogP contribution in [-0.4, -0.2) is 29.5 Å². The number of aliphatic carboxylic acids is 1. The Bertz CT molecular complexity index is 157. The van der Waals surface area contributed by atoms with Gasteiger partial charge in [0, 0.05) is 0 Å². The molecule has 0 aromatic heterocycles. The summed E-state index contributed by atoms with van der Waals surface area (Å²) in [6, 6.07) is 0. The lowest BCUT2D eigenvalue weighted by molar-refractivity contribution is -0.150. The minimum Gasteiger partial charge on any atom is -0.481 e. The molecule has 1 N–H and O–H groups in total. The van der Waals surface area contributed by atoms with Crippen LogP contribution in [0.15, 0.2) is 0 Å². The lowest BCUT2D eigenvalue weighted by Crippen LogP contribution is -2.11. The summed E-state index contributed by atoms with van der Waals surface area (Å²) in [6.07, 6.45) is 2.04. The molecule has 0 unspecified atom stereocenters. The second-order valence-corrected chi connectivity index (χ2v) is 2.86. The summed E-state index contributed by atoms with van der Waals surface area (Å²) < 4.78 is 4.35. The highest BCUT2D eigenvalue weighted by molar-refractivity contribution is 6.18. The molecule has 4 nitrogen and oxygen atoms in total. The zero-order valence-electron chi connectivity index (χ0n) is 8.59. The Morgan fingerprint density at radius 2 is 1.79 bits per heavy atom. The number of esters is 1. The monoisotopic (exact) mass is 224 g/mol. The van der Waals surface area contributed by atoms with Gasteiger partial charge in [0.15, 0.2) is 0 Å². The van der Waals surface area contributed by atoms with Gasteiger partial charge in [-0.3, -0.25) is 9.59 Å². The average molecular weight is 225 g/mol. The third kappa shape index (κ3) is 17.4. The molecule has 0 aliphatic rings. The van der Waals surface area contributed by atoms with Gasteiger partial charge in [-0.05, 0) is 0 Å². The molecular weight excluding hydrogens is 208 g/mol. The number of carbonyl (C=O) groups excluding carboxylic acids is 1. The molecule has 0 saturated heterocycles. The van der Waals surface area contributed by atoms with Crippen molar-refractivity contribution in [1.82, 2.24) is 0 Å². The Kier molecular flexibility index (Phi) is 13.7. The molecule has 0 aliphatic carbocycles. The van der Waals surface area contributed by atoms with E-state index in [9.17, 15) is 9.59 Å². The number of hydrogen-bond donors (Lipinski definition) is 1. The topological polar surface area (TPSA) is 63.6 Å². The molecule has 0 amide bonds. The van der Waals surface area contributed by atoms with Crippen LogP contribution < -0.4 is 0 Å². The van der Waals surface area contributed by atoms with Crippen LogP contribution in [-0.2, 0) is 14.3 Å². The molecule has 14 heavy (non-hydrogen) atoms. The predicted molar refractivity (Wildman–Crippen MR) is 54.5 cm³/mol. The van der Waals surface area contributed by atoms with Gasteiger partial charge in [-0.1, -0.05) is 26.7 Å². The molecule has 5 heteroatoms. The predicted octanol–water partition coefficient (Wildman–Crippen LogP) is 2.05. The fourth-order valence-electron chi connectivity index (χ4n) is 0.327. The first kappa shape index (κ1) is 15.7. The summed E-state index contributed by atoms with van der Waals surface area (Å²) in [4.78, 5) is 20.2. The molecule has 0 aromatic carbocycles. The second-order valence-electron chi connectivity index (χ2n) is 2.48. The average Bonchev–Trinajstić information content (AvgIpc) is 2.14. The highest BCUT2D eigenvalue weighted by Gasteiger charge is 2.07. The fraction of sp³-hybridized carbons (Fsp3) is 0.778. The quantitative estimate of drug-likeness (QED) is 0.441. The van der Waals surface area contributed by atoms with E-state index >= 15 is 0 Å². The molecule has 0 atom stereocenters. The van der Waals surface area contributed by atoms with Crippen molar-refractivity contribution in [3.05, 3.63) is 0 Å². The Labute approximate surface area is 89.2 Å². The molecule has 0 radical (unpaired) electrons. The number of rotatable bonds is 5. The van der Waals surface area contributed by atoms with Crippen LogP contribution in [0.1, 0.15) is 33.1 Å². The zero-order chi connectivity index (χ0) is 11.4. The lowest BCUT2D eigenvalue weighted by Gasteiger charge is -1.97. The Morgan fingerprint density at radius 1 is 1.29 bits per heavy atom. The maximum Gasteiger partial charge on any atom is 0.317 e. The molecule has 0 heterocycles. The van der Waals surface area contributed by atoms with E-state index in [-0.39, 0.29) is 12.5 Å². The Hall–Kier alpha value is -0.770. The number of carboxylic acids is 1. The van der Waals surface area contributed by atoms with E-state index in [2.05, 4.69) is 18.6 Å². The van der Waals surface area contributed by atoms with Gasteiger partial charge in [-0.2, -0.15) is 0 Å². The fourth-order valence-corrected chi connectivity index (χ4v) is 0.404. The summed E-state index contributed by atoms with van der Waals surface area (Å²) >= 11 is 5.16. The van der Waals surface area contributed by atoms with Crippen molar-refractivity contribution in [3.8, 4) is 0 Å². The van der Waals surface area contributed by atoms with E-state index in [1.165, 1.54) is 12.8 Å². The van der Waals surface area contributed by atoms with Gasteiger partial charge in [0.05, 0.1) is 5.88 Å². The largest absolute Gasteiger partial charge is 0.481 e. The third-order valence-corrected chi connectivity index (χ3v) is 1.29. The van der Waals surface area contributed by atoms with Gasteiger partial charge in [0.25, 0.3) is 0 Å². The van der Waals surface area contributed by atoms with Crippen LogP contribution in [0.3, 0.4) is 0 Å². The van der Waals surface area contributed by atoms with E-state index in [0.29, 0.717) is 0 Å². The van der Waals surface area contributed by atoms with Crippen molar-refractivity contribution in [3.63, 3.8) is 0 Å². The van der Waals surface area contributed by atoms with Crippen molar-refractivity contribution in [2.45, 2.75) is 33.1 Å². The number of halogens is 1. The van der Waals surface area contributed by atoms with Gasteiger partial charge in [-0.15, -0.1) is 11.6 Å². The molecule has 84 valence electrons. The SMILES string of the molecule is CCCC.O=C(O)CC(=O)OCCCl. The van der Waals surface area contributed by atoms with Crippen LogP contribution in [0.25, 0.3) is 0 Å².